The number of benzene rings is 3. The van der Waals surface area contributed by atoms with Gasteiger partial charge in [-0.05, 0) is 55.9 Å². The fraction of sp³-hybridized carbons (Fsp3) is 0.167. The lowest BCUT2D eigenvalue weighted by Crippen LogP contribution is -2.48. The number of nitrogens with one attached hydrogen (secondary N) is 1. The minimum absolute atomic E-state index is 0.177. The number of hydrogen-bond acceptors (Lipinski definition) is 3. The zero-order chi connectivity index (χ0) is 20.9. The number of carbonyl (C=O) groups is 1. The molecule has 1 fully saturated rings. The van der Waals surface area contributed by atoms with Crippen molar-refractivity contribution in [2.75, 3.05) is 9.96 Å². The summed E-state index contributed by atoms with van der Waals surface area (Å²) in [5.41, 5.74) is 4.25. The Morgan fingerprint density at radius 1 is 0.967 bits per heavy atom. The maximum absolute atomic E-state index is 13.7. The number of aryl methyl sites for hydroxylation is 2. The average Bonchev–Trinajstić information content (AvgIpc) is 3.20. The molecule has 3 aromatic carbocycles. The van der Waals surface area contributed by atoms with Gasteiger partial charge in [0.05, 0.1) is 17.9 Å². The van der Waals surface area contributed by atoms with E-state index in [2.05, 4.69) is 5.32 Å². The largest absolute Gasteiger partial charge is 0.319 e. The van der Waals surface area contributed by atoms with Gasteiger partial charge in [0.15, 0.2) is 0 Å². The van der Waals surface area contributed by atoms with Gasteiger partial charge in [-0.3, -0.25) is 4.79 Å². The first-order chi connectivity index (χ1) is 14.5. The summed E-state index contributed by atoms with van der Waals surface area (Å²) >= 11 is 5.57. The number of nitrogens with zero attached hydrogens (tertiary/aromatic N) is 2. The molecule has 1 spiro atoms. The van der Waals surface area contributed by atoms with Crippen LogP contribution in [0, 0.1) is 13.8 Å². The Hall–Kier alpha value is -3.22. The number of rotatable bonds is 3. The second kappa shape index (κ2) is 6.93. The Morgan fingerprint density at radius 3 is 2.40 bits per heavy atom. The van der Waals surface area contributed by atoms with E-state index >= 15 is 0 Å². The predicted octanol–water partition coefficient (Wildman–Crippen LogP) is 4.33. The number of anilines is 2. The second-order valence-corrected chi connectivity index (χ2v) is 8.12. The summed E-state index contributed by atoms with van der Waals surface area (Å²) in [7, 11) is 0. The maximum Gasteiger partial charge on any atom is 0.288 e. The third kappa shape index (κ3) is 2.88. The molecule has 150 valence electrons. The van der Waals surface area contributed by atoms with Crippen molar-refractivity contribution >= 4 is 34.6 Å². The zero-order valence-electron chi connectivity index (χ0n) is 16.8. The standard InChI is InChI=1S/C24H21N3O2S/c1-16-8-11-19(12-9-16)27-23(30)25-24(29-27)20-14-17(2)10-13-21(20)26(22(24)28)15-18-6-4-3-5-7-18/h3-14H,15H2,1-2H3,(H,25,30). The normalized spacial score (nSPS) is 20.1. The van der Waals surface area contributed by atoms with Crippen molar-refractivity contribution in [1.82, 2.24) is 5.32 Å². The molecule has 3 aromatic rings. The first-order valence-corrected chi connectivity index (χ1v) is 10.2. The molecular formula is C24H21N3O2S. The summed E-state index contributed by atoms with van der Waals surface area (Å²) in [5, 5.41) is 5.08. The van der Waals surface area contributed by atoms with Crippen LogP contribution in [-0.4, -0.2) is 11.0 Å². The van der Waals surface area contributed by atoms with Crippen molar-refractivity contribution in [3.05, 3.63) is 95.1 Å². The van der Waals surface area contributed by atoms with Crippen molar-refractivity contribution < 1.29 is 9.63 Å². The summed E-state index contributed by atoms with van der Waals surface area (Å²) in [6.45, 7) is 4.48. The lowest BCUT2D eigenvalue weighted by atomic mass is 10.0. The van der Waals surface area contributed by atoms with Gasteiger partial charge in [0.25, 0.3) is 11.6 Å². The van der Waals surface area contributed by atoms with Gasteiger partial charge in [0, 0.05) is 5.56 Å². The highest BCUT2D eigenvalue weighted by atomic mass is 32.1. The number of thiocarbonyl (C=S) groups is 1. The van der Waals surface area contributed by atoms with Crippen LogP contribution in [0.15, 0.2) is 72.8 Å². The topological polar surface area (TPSA) is 44.8 Å². The lowest BCUT2D eigenvalue weighted by Gasteiger charge is -2.23. The van der Waals surface area contributed by atoms with E-state index in [1.165, 1.54) is 5.06 Å². The van der Waals surface area contributed by atoms with Gasteiger partial charge in [0.2, 0.25) is 5.11 Å². The van der Waals surface area contributed by atoms with Crippen molar-refractivity contribution in [3.63, 3.8) is 0 Å². The summed E-state index contributed by atoms with van der Waals surface area (Å²) < 4.78 is 0. The van der Waals surface area contributed by atoms with E-state index in [-0.39, 0.29) is 5.91 Å². The van der Waals surface area contributed by atoms with Gasteiger partial charge >= 0.3 is 0 Å². The SMILES string of the molecule is Cc1ccc(N2OC3(NC2=S)C(=O)N(Cc2ccccc2)c2ccc(C)cc23)cc1. The van der Waals surface area contributed by atoms with E-state index in [1.807, 2.05) is 86.6 Å². The van der Waals surface area contributed by atoms with Crippen LogP contribution in [0.5, 0.6) is 0 Å². The molecule has 1 atom stereocenters. The number of amides is 1. The van der Waals surface area contributed by atoms with Crippen LogP contribution >= 0.6 is 12.2 Å². The Balaban J connectivity index is 1.57. The molecule has 1 amide bonds. The fourth-order valence-corrected chi connectivity index (χ4v) is 4.25. The van der Waals surface area contributed by atoms with Crippen molar-refractivity contribution in [2.24, 2.45) is 0 Å². The molecule has 6 heteroatoms. The van der Waals surface area contributed by atoms with Crippen LogP contribution < -0.4 is 15.3 Å². The van der Waals surface area contributed by atoms with E-state index in [0.29, 0.717) is 11.7 Å². The zero-order valence-corrected chi connectivity index (χ0v) is 17.6. The van der Waals surface area contributed by atoms with Crippen LogP contribution in [0.2, 0.25) is 0 Å². The van der Waals surface area contributed by atoms with Crippen molar-refractivity contribution in [3.8, 4) is 0 Å². The van der Waals surface area contributed by atoms with Gasteiger partial charge in [-0.15, -0.1) is 0 Å². The highest BCUT2D eigenvalue weighted by Crippen LogP contribution is 2.45. The number of hydroxylamine groups is 1. The molecule has 0 radical (unpaired) electrons. The highest BCUT2D eigenvalue weighted by molar-refractivity contribution is 7.80. The lowest BCUT2D eigenvalue weighted by molar-refractivity contribution is -0.141. The number of hydrogen-bond donors (Lipinski definition) is 1. The number of fused-ring (bicyclic) bond motifs is 2. The molecule has 30 heavy (non-hydrogen) atoms. The minimum atomic E-state index is -1.36. The molecular weight excluding hydrogens is 394 g/mol. The van der Waals surface area contributed by atoms with Gasteiger partial charge in [-0.2, -0.15) is 5.06 Å². The first kappa shape index (κ1) is 18.8. The Bertz CT molecular complexity index is 1150. The molecule has 2 aliphatic heterocycles. The molecule has 0 aromatic heterocycles. The summed E-state index contributed by atoms with van der Waals surface area (Å²) in [5.74, 6) is -0.177. The predicted molar refractivity (Wildman–Crippen MR) is 121 cm³/mol. The molecule has 2 heterocycles. The van der Waals surface area contributed by atoms with Crippen LogP contribution in [0.4, 0.5) is 11.4 Å². The molecule has 1 N–H and O–H groups in total. The molecule has 2 aliphatic rings. The Kier molecular flexibility index (Phi) is 4.34. The molecule has 1 saturated heterocycles. The Morgan fingerprint density at radius 2 is 1.67 bits per heavy atom. The van der Waals surface area contributed by atoms with E-state index in [9.17, 15) is 4.79 Å². The van der Waals surface area contributed by atoms with Crippen molar-refractivity contribution in [1.29, 1.82) is 0 Å². The van der Waals surface area contributed by atoms with Gasteiger partial charge < -0.3 is 10.2 Å². The van der Waals surface area contributed by atoms with Crippen LogP contribution in [-0.2, 0) is 21.9 Å². The molecule has 0 bridgehead atoms. The summed E-state index contributed by atoms with van der Waals surface area (Å²) in [4.78, 5) is 21.8. The van der Waals surface area contributed by atoms with Gasteiger partial charge in [-0.1, -0.05) is 59.7 Å². The third-order valence-corrected chi connectivity index (χ3v) is 5.78. The summed E-state index contributed by atoms with van der Waals surface area (Å²) in [6.07, 6.45) is 0. The van der Waals surface area contributed by atoms with Gasteiger partial charge in [0.1, 0.15) is 0 Å². The fourth-order valence-electron chi connectivity index (χ4n) is 3.97. The summed E-state index contributed by atoms with van der Waals surface area (Å²) in [6, 6.07) is 23.8. The van der Waals surface area contributed by atoms with E-state index < -0.39 is 5.72 Å². The second-order valence-electron chi connectivity index (χ2n) is 7.73. The monoisotopic (exact) mass is 415 g/mol. The highest BCUT2D eigenvalue weighted by Gasteiger charge is 2.58. The average molecular weight is 416 g/mol. The maximum atomic E-state index is 13.7. The van der Waals surface area contributed by atoms with E-state index in [4.69, 9.17) is 17.1 Å². The van der Waals surface area contributed by atoms with Crippen LogP contribution in [0.25, 0.3) is 0 Å². The number of carbonyl (C=O) groups excluding carboxylic acids is 1. The smallest absolute Gasteiger partial charge is 0.288 e. The molecule has 1 unspecified atom stereocenters. The molecule has 5 nitrogen and oxygen atoms in total. The van der Waals surface area contributed by atoms with E-state index in [0.717, 1.165) is 33.6 Å². The third-order valence-electron chi connectivity index (χ3n) is 5.52. The van der Waals surface area contributed by atoms with Crippen molar-refractivity contribution in [2.45, 2.75) is 26.1 Å². The molecule has 5 rings (SSSR count). The van der Waals surface area contributed by atoms with Crippen LogP contribution in [0.1, 0.15) is 22.3 Å². The molecule has 0 saturated carbocycles. The molecule has 0 aliphatic carbocycles. The Labute approximate surface area is 180 Å². The van der Waals surface area contributed by atoms with Crippen LogP contribution in [0.3, 0.4) is 0 Å². The minimum Gasteiger partial charge on any atom is -0.319 e. The van der Waals surface area contributed by atoms with E-state index in [1.54, 1.807) is 4.90 Å². The first-order valence-electron chi connectivity index (χ1n) is 9.83. The van der Waals surface area contributed by atoms with Gasteiger partial charge in [-0.25, -0.2) is 4.84 Å². The quantitative estimate of drug-likeness (QED) is 0.645.